The van der Waals surface area contributed by atoms with E-state index in [2.05, 4.69) is 30.2 Å². The van der Waals surface area contributed by atoms with Crippen LogP contribution >= 0.6 is 0 Å². The maximum atomic E-state index is 12.5. The number of nitrogens with one attached hydrogen (secondary N) is 1. The number of likely N-dealkylation sites (tertiary alicyclic amines) is 1. The first-order chi connectivity index (χ1) is 12.9. The van der Waals surface area contributed by atoms with E-state index in [9.17, 15) is 9.90 Å². The lowest BCUT2D eigenvalue weighted by atomic mass is 9.48. The number of aromatic nitrogens is 2. The van der Waals surface area contributed by atoms with Crippen LogP contribution in [0.25, 0.3) is 0 Å². The van der Waals surface area contributed by atoms with Crippen molar-refractivity contribution >= 4 is 6.03 Å². The Morgan fingerprint density at radius 1 is 1.37 bits per heavy atom. The third kappa shape index (κ3) is 3.64. The van der Waals surface area contributed by atoms with Crippen LogP contribution < -0.4 is 5.32 Å². The summed E-state index contributed by atoms with van der Waals surface area (Å²) in [5.41, 5.74) is 1.23. The van der Waals surface area contributed by atoms with Crippen molar-refractivity contribution in [2.45, 2.75) is 58.1 Å². The van der Waals surface area contributed by atoms with E-state index in [1.807, 2.05) is 15.7 Å². The molecule has 0 spiro atoms. The molecule has 1 aromatic rings. The SMILES string of the molecule is CC1(C)[C@H]2CC=C(CCNC(=O)N3CCC(O)(Cn4ccnc4)CC3)[C@@H]1C2. The molecule has 0 aromatic carbocycles. The minimum atomic E-state index is -0.753. The number of hydrogen-bond acceptors (Lipinski definition) is 3. The number of allylic oxidation sites excluding steroid dienone is 1. The summed E-state index contributed by atoms with van der Waals surface area (Å²) >= 11 is 0. The van der Waals surface area contributed by atoms with Gasteiger partial charge in [0, 0.05) is 32.0 Å². The molecule has 2 atom stereocenters. The second-order valence-electron chi connectivity index (χ2n) is 9.25. The zero-order valence-electron chi connectivity index (χ0n) is 16.5. The summed E-state index contributed by atoms with van der Waals surface area (Å²) in [6.07, 6.45) is 12.4. The number of carbonyl (C=O) groups excluding carboxylic acids is 1. The van der Waals surface area contributed by atoms with Crippen molar-refractivity contribution < 1.29 is 9.90 Å². The molecule has 2 heterocycles. The summed E-state index contributed by atoms with van der Waals surface area (Å²) in [6.45, 7) is 7.20. The van der Waals surface area contributed by atoms with Crippen LogP contribution in [0.1, 0.15) is 46.0 Å². The lowest BCUT2D eigenvalue weighted by Crippen LogP contribution is -2.51. The number of aliphatic hydroxyl groups is 1. The Hall–Kier alpha value is -1.82. The average molecular weight is 373 g/mol. The van der Waals surface area contributed by atoms with Gasteiger partial charge in [0.1, 0.15) is 0 Å². The molecule has 2 amide bonds. The van der Waals surface area contributed by atoms with Gasteiger partial charge in [-0.15, -0.1) is 0 Å². The number of nitrogens with zero attached hydrogens (tertiary/aromatic N) is 3. The van der Waals surface area contributed by atoms with Crippen molar-refractivity contribution in [1.82, 2.24) is 19.8 Å². The fraction of sp³-hybridized carbons (Fsp3) is 0.714. The molecule has 4 aliphatic rings. The minimum absolute atomic E-state index is 0.00170. The largest absolute Gasteiger partial charge is 0.388 e. The molecule has 0 radical (unpaired) electrons. The lowest BCUT2D eigenvalue weighted by Gasteiger charge is -2.56. The molecule has 1 aliphatic heterocycles. The van der Waals surface area contributed by atoms with Gasteiger partial charge in [-0.1, -0.05) is 25.5 Å². The van der Waals surface area contributed by atoms with E-state index in [-0.39, 0.29) is 6.03 Å². The van der Waals surface area contributed by atoms with Gasteiger partial charge in [-0.2, -0.15) is 0 Å². The minimum Gasteiger partial charge on any atom is -0.388 e. The quantitative estimate of drug-likeness (QED) is 0.781. The smallest absolute Gasteiger partial charge is 0.317 e. The Kier molecular flexibility index (Phi) is 4.78. The molecular weight excluding hydrogens is 340 g/mol. The fourth-order valence-corrected chi connectivity index (χ4v) is 5.19. The normalized spacial score (nSPS) is 28.3. The zero-order valence-corrected chi connectivity index (χ0v) is 16.5. The van der Waals surface area contributed by atoms with Gasteiger partial charge in [0.15, 0.2) is 0 Å². The van der Waals surface area contributed by atoms with Crippen LogP contribution in [-0.2, 0) is 6.54 Å². The van der Waals surface area contributed by atoms with Crippen LogP contribution in [-0.4, -0.2) is 50.8 Å². The van der Waals surface area contributed by atoms with Gasteiger partial charge in [-0.25, -0.2) is 9.78 Å². The molecular formula is C21H32N4O2. The van der Waals surface area contributed by atoms with Gasteiger partial charge in [-0.05, 0) is 49.4 Å². The number of imidazole rings is 1. The van der Waals surface area contributed by atoms with Gasteiger partial charge in [0.25, 0.3) is 0 Å². The Morgan fingerprint density at radius 3 is 2.78 bits per heavy atom. The van der Waals surface area contributed by atoms with Crippen molar-refractivity contribution in [3.05, 3.63) is 30.4 Å². The van der Waals surface area contributed by atoms with Gasteiger partial charge in [0.2, 0.25) is 0 Å². The van der Waals surface area contributed by atoms with Crippen LogP contribution in [0.4, 0.5) is 4.79 Å². The Balaban J connectivity index is 1.20. The molecule has 2 fully saturated rings. The van der Waals surface area contributed by atoms with Crippen LogP contribution in [0.15, 0.2) is 30.4 Å². The van der Waals surface area contributed by atoms with E-state index in [0.717, 1.165) is 12.3 Å². The van der Waals surface area contributed by atoms with Crippen LogP contribution in [0, 0.1) is 17.3 Å². The number of carbonyl (C=O) groups is 1. The van der Waals surface area contributed by atoms with Crippen molar-refractivity contribution in [2.24, 2.45) is 17.3 Å². The predicted octanol–water partition coefficient (Wildman–Crippen LogP) is 2.80. The van der Waals surface area contributed by atoms with E-state index >= 15 is 0 Å². The summed E-state index contributed by atoms with van der Waals surface area (Å²) in [7, 11) is 0. The van der Waals surface area contributed by atoms with Gasteiger partial charge in [0.05, 0.1) is 18.5 Å². The van der Waals surface area contributed by atoms with Crippen LogP contribution in [0.5, 0.6) is 0 Å². The molecule has 148 valence electrons. The highest BCUT2D eigenvalue weighted by atomic mass is 16.3. The molecule has 1 aromatic heterocycles. The van der Waals surface area contributed by atoms with Gasteiger partial charge < -0.3 is 19.9 Å². The number of urea groups is 1. The molecule has 2 bridgehead atoms. The second kappa shape index (κ2) is 6.97. The molecule has 1 saturated carbocycles. The van der Waals surface area contributed by atoms with Gasteiger partial charge in [-0.3, -0.25) is 0 Å². The van der Waals surface area contributed by atoms with Crippen molar-refractivity contribution in [3.63, 3.8) is 0 Å². The zero-order chi connectivity index (χ0) is 19.1. The summed E-state index contributed by atoms with van der Waals surface area (Å²) in [5, 5.41) is 13.8. The van der Waals surface area contributed by atoms with E-state index in [1.54, 1.807) is 12.5 Å². The number of piperidine rings is 1. The van der Waals surface area contributed by atoms with E-state index in [4.69, 9.17) is 0 Å². The summed E-state index contributed by atoms with van der Waals surface area (Å²) < 4.78 is 1.90. The standard InChI is InChI=1S/C21H32N4O2/c1-20(2)17-4-3-16(18(20)13-17)5-8-23-19(26)25-10-6-21(27,7-11-25)14-24-12-9-22-15-24/h3,9,12,15,17-18,27H,4-8,10-11,13-14H2,1-2H3,(H,23,26)/t17-,18-/m0/s1. The lowest BCUT2D eigenvalue weighted by molar-refractivity contribution is -0.0257. The number of fused-ring (bicyclic) bond motifs is 1. The number of rotatable bonds is 5. The Bertz CT molecular complexity index is 702. The number of hydrogen-bond donors (Lipinski definition) is 2. The topological polar surface area (TPSA) is 70.4 Å². The first-order valence-electron chi connectivity index (χ1n) is 10.3. The summed E-state index contributed by atoms with van der Waals surface area (Å²) in [6, 6.07) is 0.00170. The van der Waals surface area contributed by atoms with Crippen LogP contribution in [0.3, 0.4) is 0 Å². The van der Waals surface area contributed by atoms with Crippen LogP contribution in [0.2, 0.25) is 0 Å². The van der Waals surface area contributed by atoms with E-state index in [0.29, 0.717) is 50.4 Å². The molecule has 3 aliphatic carbocycles. The van der Waals surface area contributed by atoms with Crippen molar-refractivity contribution in [3.8, 4) is 0 Å². The maximum absolute atomic E-state index is 12.5. The molecule has 1 saturated heterocycles. The highest BCUT2D eigenvalue weighted by Crippen LogP contribution is 2.59. The third-order valence-electron chi connectivity index (χ3n) is 7.29. The molecule has 2 N–H and O–H groups in total. The molecule has 5 rings (SSSR count). The highest BCUT2D eigenvalue weighted by molar-refractivity contribution is 5.74. The second-order valence-corrected chi connectivity index (χ2v) is 9.25. The first kappa shape index (κ1) is 18.5. The molecule has 6 nitrogen and oxygen atoms in total. The third-order valence-corrected chi connectivity index (χ3v) is 7.29. The molecule has 27 heavy (non-hydrogen) atoms. The van der Waals surface area contributed by atoms with E-state index in [1.165, 1.54) is 18.4 Å². The van der Waals surface area contributed by atoms with E-state index < -0.39 is 5.60 Å². The Morgan fingerprint density at radius 2 is 2.15 bits per heavy atom. The Labute approximate surface area is 161 Å². The maximum Gasteiger partial charge on any atom is 0.317 e. The first-order valence-corrected chi connectivity index (χ1v) is 10.3. The predicted molar refractivity (Wildman–Crippen MR) is 104 cm³/mol. The average Bonchev–Trinajstić information content (AvgIpc) is 3.14. The number of amides is 2. The summed E-state index contributed by atoms with van der Waals surface area (Å²) in [4.78, 5) is 18.3. The summed E-state index contributed by atoms with van der Waals surface area (Å²) in [5.74, 6) is 1.57. The molecule has 0 unspecified atom stereocenters. The fourth-order valence-electron chi connectivity index (χ4n) is 5.19. The van der Waals surface area contributed by atoms with Gasteiger partial charge >= 0.3 is 6.03 Å². The highest BCUT2D eigenvalue weighted by Gasteiger charge is 2.50. The van der Waals surface area contributed by atoms with Crippen molar-refractivity contribution in [2.75, 3.05) is 19.6 Å². The molecule has 6 heteroatoms. The monoisotopic (exact) mass is 372 g/mol. The van der Waals surface area contributed by atoms with Crippen molar-refractivity contribution in [1.29, 1.82) is 0 Å².